The summed E-state index contributed by atoms with van der Waals surface area (Å²) in [4.78, 5) is 33.8. The fourth-order valence-electron chi connectivity index (χ4n) is 9.69. The molecule has 0 saturated carbocycles. The van der Waals surface area contributed by atoms with E-state index >= 15 is 0 Å². The molecular formula is C69H94ClN9. The average Bonchev–Trinajstić information content (AvgIpc) is 4.20. The predicted molar refractivity (Wildman–Crippen MR) is 341 cm³/mol. The van der Waals surface area contributed by atoms with Crippen LogP contribution < -0.4 is 5.73 Å². The molecule has 9 nitrogen and oxygen atoms in total. The molecule has 0 atom stereocenters. The van der Waals surface area contributed by atoms with Gasteiger partial charge in [-0.05, 0) is 96.9 Å². The van der Waals surface area contributed by atoms with Crippen molar-refractivity contribution in [2.75, 3.05) is 5.73 Å². The van der Waals surface area contributed by atoms with Crippen molar-refractivity contribution in [1.82, 2.24) is 34.9 Å². The number of nitrogen functional groups attached to an aromatic ring is 1. The van der Waals surface area contributed by atoms with Crippen molar-refractivity contribution in [3.8, 4) is 0 Å². The molecular weight excluding hydrogens is 990 g/mol. The summed E-state index contributed by atoms with van der Waals surface area (Å²) >= 11 is 6.00. The van der Waals surface area contributed by atoms with Crippen LogP contribution in [0.4, 0.5) is 5.95 Å². The van der Waals surface area contributed by atoms with E-state index in [4.69, 9.17) is 17.3 Å². The molecule has 2 N–H and O–H groups in total. The van der Waals surface area contributed by atoms with Crippen molar-refractivity contribution in [1.29, 1.82) is 0 Å². The van der Waals surface area contributed by atoms with Gasteiger partial charge in [0.15, 0.2) is 0 Å². The van der Waals surface area contributed by atoms with Crippen molar-refractivity contribution >= 4 is 48.1 Å². The summed E-state index contributed by atoms with van der Waals surface area (Å²) in [5, 5.41) is 0.609. The lowest BCUT2D eigenvalue weighted by Gasteiger charge is -2.22. The van der Waals surface area contributed by atoms with E-state index in [1.54, 1.807) is 12.5 Å². The van der Waals surface area contributed by atoms with Crippen LogP contribution in [0.2, 0.25) is 5.15 Å². The van der Waals surface area contributed by atoms with E-state index in [9.17, 15) is 0 Å². The van der Waals surface area contributed by atoms with E-state index in [1.807, 2.05) is 30.7 Å². The summed E-state index contributed by atoms with van der Waals surface area (Å²) in [6.07, 6.45) is 30.6. The van der Waals surface area contributed by atoms with E-state index in [0.717, 1.165) is 55.0 Å². The van der Waals surface area contributed by atoms with Gasteiger partial charge in [-0.15, -0.1) is 0 Å². The maximum Gasteiger partial charge on any atom is 0.220 e. The molecule has 79 heavy (non-hydrogen) atoms. The third-order valence-electron chi connectivity index (χ3n) is 13.7. The molecule has 1 aromatic carbocycles. The van der Waals surface area contributed by atoms with E-state index in [0.29, 0.717) is 11.1 Å². The van der Waals surface area contributed by atoms with Crippen LogP contribution in [0.25, 0.3) is 24.3 Å². The molecule has 6 aromatic rings. The van der Waals surface area contributed by atoms with E-state index in [-0.39, 0.29) is 47.3 Å². The number of benzene rings is 1. The third-order valence-corrected chi connectivity index (χ3v) is 13.9. The Balaban J connectivity index is 0.000000204. The number of allylic oxidation sites excluding steroid dienone is 4. The number of anilines is 1. The molecule has 5 aliphatic rings. The lowest BCUT2D eigenvalue weighted by atomic mass is 9.83. The van der Waals surface area contributed by atoms with Crippen LogP contribution in [0.15, 0.2) is 96.7 Å². The van der Waals surface area contributed by atoms with Gasteiger partial charge in [0, 0.05) is 66.0 Å². The van der Waals surface area contributed by atoms with Crippen molar-refractivity contribution in [3.05, 3.63) is 187 Å². The SMILES string of the molecule is C.C.CC(C)(C)c1cc(Cl)nc2c1C=CC2.CC(C)(C)c1cccc2c1C=CC2.CC(C)(C)c1ccnc(N)n1.CC(C)(C)c1ccnc2c1C=CC2.CC(C)(C)c1ccnc2c1C=NC2.CC(C)(C)c1ncnc2c1C=CC2. The number of aromatic nitrogens is 7. The highest BCUT2D eigenvalue weighted by molar-refractivity contribution is 6.29. The van der Waals surface area contributed by atoms with E-state index in [1.165, 1.54) is 67.0 Å². The van der Waals surface area contributed by atoms with Gasteiger partial charge in [-0.2, -0.15) is 0 Å². The van der Waals surface area contributed by atoms with Gasteiger partial charge in [-0.3, -0.25) is 15.0 Å². The lowest BCUT2D eigenvalue weighted by molar-refractivity contribution is 0.564. The van der Waals surface area contributed by atoms with Crippen molar-refractivity contribution in [2.45, 2.75) is 204 Å². The second-order valence-electron chi connectivity index (χ2n) is 26.4. The first-order valence-corrected chi connectivity index (χ1v) is 27.6. The standard InChI is InChI=1S/C13H16.C12H14ClN.C12H15N.2C11H14N2.C8H13N3.2CH4/c1-13(2,3)12-9-5-7-10-6-4-8-11(10)12;1-12(2,3)9-7-11(13)14-10-6-4-5-8(9)10;1-12(2,3)10-7-8-13-11-6-4-5-9(10)11;1-11(2,3)9-4-5-13-10-7-12-6-8(9)10;1-11(2,3)10-8-5-4-6-9(8)12-7-13-10;1-8(2,3)6-4-5-10-7(9)11-6;;/h4-5,7-9H,6H2,1-3H3;4-5,7H,6H2,1-3H3;4-5,7-8H,6H2,1-3H3;4-6H,7H2,1-3H3;4-5,7H,6H2,1-3H3;4-5H,1-3H3,(H2,9,10,11);2*1H4. The third kappa shape index (κ3) is 17.3. The monoisotopic (exact) mass is 1080 g/mol. The molecule has 11 rings (SSSR count). The van der Waals surface area contributed by atoms with Crippen LogP contribution in [-0.2, 0) is 64.7 Å². The molecule has 6 heterocycles. The van der Waals surface area contributed by atoms with Gasteiger partial charge in [0.05, 0.1) is 40.7 Å². The summed E-state index contributed by atoms with van der Waals surface area (Å²) in [7, 11) is 0. The van der Waals surface area contributed by atoms with Gasteiger partial charge >= 0.3 is 0 Å². The van der Waals surface area contributed by atoms with Crippen LogP contribution in [0.5, 0.6) is 0 Å². The summed E-state index contributed by atoms with van der Waals surface area (Å²) < 4.78 is 0. The molecule has 422 valence electrons. The number of rotatable bonds is 0. The molecule has 0 spiro atoms. The van der Waals surface area contributed by atoms with Gasteiger partial charge < -0.3 is 5.73 Å². The molecule has 0 fully saturated rings. The number of hydrogen-bond acceptors (Lipinski definition) is 9. The second-order valence-corrected chi connectivity index (χ2v) is 26.8. The van der Waals surface area contributed by atoms with Crippen LogP contribution in [0.3, 0.4) is 0 Å². The number of aliphatic imine (C=N–C) groups is 1. The number of halogens is 1. The maximum absolute atomic E-state index is 6.00. The predicted octanol–water partition coefficient (Wildman–Crippen LogP) is 17.4. The Labute approximate surface area is 482 Å². The van der Waals surface area contributed by atoms with E-state index in [2.05, 4.69) is 243 Å². The highest BCUT2D eigenvalue weighted by Crippen LogP contribution is 2.35. The Kier molecular flexibility index (Phi) is 21.6. The molecule has 0 radical (unpaired) electrons. The number of hydrogen-bond donors (Lipinski definition) is 1. The highest BCUT2D eigenvalue weighted by Gasteiger charge is 2.26. The number of fused-ring (bicyclic) bond motifs is 5. The highest BCUT2D eigenvalue weighted by atomic mass is 35.5. The normalized spacial score (nSPS) is 13.9. The maximum atomic E-state index is 6.00. The smallest absolute Gasteiger partial charge is 0.220 e. The van der Waals surface area contributed by atoms with Gasteiger partial charge in [-0.1, -0.05) is 218 Å². The summed E-state index contributed by atoms with van der Waals surface area (Å²) in [6, 6.07) is 14.7. The minimum Gasteiger partial charge on any atom is -0.368 e. The summed E-state index contributed by atoms with van der Waals surface area (Å²) in [5.74, 6) is 0.345. The fourth-order valence-corrected chi connectivity index (χ4v) is 9.90. The minimum absolute atomic E-state index is 0. The van der Waals surface area contributed by atoms with E-state index < -0.39 is 0 Å². The van der Waals surface area contributed by atoms with Gasteiger partial charge in [0.25, 0.3) is 0 Å². The average molecular weight is 1090 g/mol. The first kappa shape index (κ1) is 65.1. The van der Waals surface area contributed by atoms with Crippen molar-refractivity contribution in [2.24, 2.45) is 4.99 Å². The molecule has 1 aliphatic heterocycles. The Morgan fingerprint density at radius 3 is 1.46 bits per heavy atom. The quantitative estimate of drug-likeness (QED) is 0.149. The molecule has 0 unspecified atom stereocenters. The Hall–Kier alpha value is -6.45. The number of nitrogens with zero attached hydrogens (tertiary/aromatic N) is 8. The second kappa shape index (κ2) is 26.2. The molecule has 0 bridgehead atoms. The van der Waals surface area contributed by atoms with Crippen LogP contribution >= 0.6 is 11.6 Å². The Bertz CT molecular complexity index is 2890. The zero-order valence-corrected chi connectivity index (χ0v) is 50.4. The molecule has 0 amide bonds. The number of nitrogens with two attached hydrogens (primary N) is 1. The van der Waals surface area contributed by atoms with Crippen LogP contribution in [0.1, 0.15) is 229 Å². The lowest BCUT2D eigenvalue weighted by Crippen LogP contribution is -2.16. The Morgan fingerprint density at radius 1 is 0.430 bits per heavy atom. The van der Waals surface area contributed by atoms with Crippen LogP contribution in [0, 0.1) is 0 Å². The zero-order chi connectivity index (χ0) is 56.7. The van der Waals surface area contributed by atoms with Gasteiger partial charge in [-0.25, -0.2) is 24.9 Å². The van der Waals surface area contributed by atoms with Crippen LogP contribution in [-0.4, -0.2) is 41.1 Å². The summed E-state index contributed by atoms with van der Waals surface area (Å²) in [6.45, 7) is 40.4. The Morgan fingerprint density at radius 2 is 0.911 bits per heavy atom. The molecule has 5 aromatic heterocycles. The molecule has 0 saturated heterocycles. The fraction of sp³-hybridized carbons (Fsp3) is 0.449. The topological polar surface area (TPSA) is 129 Å². The zero-order valence-electron chi connectivity index (χ0n) is 49.6. The van der Waals surface area contributed by atoms with Crippen molar-refractivity contribution < 1.29 is 0 Å². The molecule has 10 heteroatoms. The first-order chi connectivity index (χ1) is 35.8. The van der Waals surface area contributed by atoms with Gasteiger partial charge in [0.1, 0.15) is 11.5 Å². The van der Waals surface area contributed by atoms with Gasteiger partial charge in [0.2, 0.25) is 5.95 Å². The summed E-state index contributed by atoms with van der Waals surface area (Å²) in [5.41, 5.74) is 26.7. The largest absolute Gasteiger partial charge is 0.368 e. The van der Waals surface area contributed by atoms with Crippen molar-refractivity contribution in [3.63, 3.8) is 0 Å². The number of pyridine rings is 3. The molecule has 4 aliphatic carbocycles. The first-order valence-electron chi connectivity index (χ1n) is 27.2. The minimum atomic E-state index is 0.